The molecule has 3 aromatic carbocycles. The van der Waals surface area contributed by atoms with E-state index in [1.54, 1.807) is 0 Å². The van der Waals surface area contributed by atoms with Crippen LogP contribution in [0.15, 0.2) is 96.1 Å². The van der Waals surface area contributed by atoms with E-state index in [1.807, 2.05) is 98.8 Å². The molecular formula is C24H21O2P. The lowest BCUT2D eigenvalue weighted by Crippen LogP contribution is -2.22. The van der Waals surface area contributed by atoms with E-state index in [0.717, 1.165) is 21.7 Å². The molecule has 0 spiro atoms. The van der Waals surface area contributed by atoms with Gasteiger partial charge in [0.25, 0.3) is 0 Å². The van der Waals surface area contributed by atoms with E-state index in [1.165, 1.54) is 0 Å². The maximum absolute atomic E-state index is 14.9. The number of Topliss-reactive ketones (excluding diaryl/α,β-unsaturated/α-hetero) is 1. The largest absolute Gasteiger partial charge is 0.313 e. The quantitative estimate of drug-likeness (QED) is 0.463. The molecule has 0 heterocycles. The second-order valence-corrected chi connectivity index (χ2v) is 9.93. The molecule has 1 atom stereocenters. The third-order valence-electron chi connectivity index (χ3n) is 5.20. The second kappa shape index (κ2) is 6.79. The van der Waals surface area contributed by atoms with Gasteiger partial charge in [0.15, 0.2) is 12.9 Å². The first-order valence-corrected chi connectivity index (χ1v) is 10.8. The van der Waals surface area contributed by atoms with Crippen LogP contribution in [0.5, 0.6) is 0 Å². The molecule has 0 aromatic heterocycles. The van der Waals surface area contributed by atoms with Crippen LogP contribution in [0.3, 0.4) is 0 Å². The zero-order chi connectivity index (χ0) is 19.0. The summed E-state index contributed by atoms with van der Waals surface area (Å²) in [5, 5.41) is 1.56. The summed E-state index contributed by atoms with van der Waals surface area (Å²) in [7, 11) is -3.13. The van der Waals surface area contributed by atoms with Gasteiger partial charge in [-0.05, 0) is 19.4 Å². The summed E-state index contributed by atoms with van der Waals surface area (Å²) in [4.78, 5) is 13.2. The first-order valence-electron chi connectivity index (χ1n) is 9.07. The fourth-order valence-electron chi connectivity index (χ4n) is 3.99. The number of hydrogen-bond donors (Lipinski definition) is 0. The monoisotopic (exact) mass is 372 g/mol. The van der Waals surface area contributed by atoms with Gasteiger partial charge in [0, 0.05) is 21.7 Å². The minimum atomic E-state index is -3.13. The molecule has 0 amide bonds. The van der Waals surface area contributed by atoms with Gasteiger partial charge in [0.05, 0.1) is 5.66 Å². The van der Waals surface area contributed by atoms with Crippen LogP contribution in [-0.4, -0.2) is 5.78 Å². The van der Waals surface area contributed by atoms with Crippen molar-refractivity contribution in [3.8, 4) is 0 Å². The molecule has 0 saturated carbocycles. The molecular weight excluding hydrogens is 351 g/mol. The molecule has 1 aliphatic rings. The third-order valence-corrected chi connectivity index (χ3v) is 8.59. The Morgan fingerprint density at radius 3 is 1.74 bits per heavy atom. The van der Waals surface area contributed by atoms with E-state index in [9.17, 15) is 9.36 Å². The Bertz CT molecular complexity index is 1030. The molecule has 0 bridgehead atoms. The minimum Gasteiger partial charge on any atom is -0.313 e. The standard InChI is InChI=1S/C24H21O2P/c1-17(2)22-23(25)20-15-9-10-16-21(20)24(22)27(26,18-11-5-3-6-12-18)19-13-7-4-8-14-19/h3-16,24H,1-2H3. The van der Waals surface area contributed by atoms with E-state index in [-0.39, 0.29) is 5.78 Å². The number of benzene rings is 3. The highest BCUT2D eigenvalue weighted by molar-refractivity contribution is 7.79. The van der Waals surface area contributed by atoms with Crippen LogP contribution in [0.1, 0.15) is 35.4 Å². The summed E-state index contributed by atoms with van der Waals surface area (Å²) in [6.07, 6.45) is 0. The SMILES string of the molecule is CC(C)=C1C(=O)c2ccccc2C1P(=O)(c1ccccc1)c1ccccc1. The summed E-state index contributed by atoms with van der Waals surface area (Å²) in [6, 6.07) is 26.8. The molecule has 2 nitrogen and oxygen atoms in total. The number of hydrogen-bond acceptors (Lipinski definition) is 2. The average molecular weight is 372 g/mol. The zero-order valence-electron chi connectivity index (χ0n) is 15.4. The fourth-order valence-corrected chi connectivity index (χ4v) is 7.47. The van der Waals surface area contributed by atoms with Gasteiger partial charge in [-0.3, -0.25) is 4.79 Å². The zero-order valence-corrected chi connectivity index (χ0v) is 16.3. The van der Waals surface area contributed by atoms with Crippen molar-refractivity contribution in [3.63, 3.8) is 0 Å². The molecule has 4 rings (SSSR count). The van der Waals surface area contributed by atoms with Gasteiger partial charge in [0.1, 0.15) is 0 Å². The molecule has 1 unspecified atom stereocenters. The van der Waals surface area contributed by atoms with Crippen LogP contribution in [-0.2, 0) is 4.57 Å². The van der Waals surface area contributed by atoms with E-state index in [0.29, 0.717) is 11.1 Å². The fraction of sp³-hybridized carbons (Fsp3) is 0.125. The van der Waals surface area contributed by atoms with Crippen LogP contribution < -0.4 is 10.6 Å². The van der Waals surface area contributed by atoms with Crippen molar-refractivity contribution in [2.45, 2.75) is 19.5 Å². The molecule has 0 saturated heterocycles. The molecule has 0 N–H and O–H groups in total. The lowest BCUT2D eigenvalue weighted by molar-refractivity contribution is 0.103. The van der Waals surface area contributed by atoms with Crippen LogP contribution >= 0.6 is 7.14 Å². The number of carbonyl (C=O) groups excluding carboxylic acids is 1. The lowest BCUT2D eigenvalue weighted by atomic mass is 10.1. The van der Waals surface area contributed by atoms with E-state index < -0.39 is 12.8 Å². The molecule has 1 aliphatic carbocycles. The van der Waals surface area contributed by atoms with Gasteiger partial charge >= 0.3 is 0 Å². The van der Waals surface area contributed by atoms with Crippen molar-refractivity contribution in [3.05, 3.63) is 107 Å². The lowest BCUT2D eigenvalue weighted by Gasteiger charge is -2.28. The molecule has 0 radical (unpaired) electrons. The number of fused-ring (bicyclic) bond motifs is 1. The van der Waals surface area contributed by atoms with Gasteiger partial charge in [-0.1, -0.05) is 90.5 Å². The van der Waals surface area contributed by atoms with Crippen LogP contribution in [0.4, 0.5) is 0 Å². The maximum Gasteiger partial charge on any atom is 0.190 e. The van der Waals surface area contributed by atoms with E-state index in [4.69, 9.17) is 0 Å². The van der Waals surface area contributed by atoms with Gasteiger partial charge in [0.2, 0.25) is 0 Å². The summed E-state index contributed by atoms with van der Waals surface area (Å²) in [6.45, 7) is 3.87. The number of rotatable bonds is 3. The Morgan fingerprint density at radius 1 is 0.741 bits per heavy atom. The van der Waals surface area contributed by atoms with Crippen LogP contribution in [0.2, 0.25) is 0 Å². The van der Waals surface area contributed by atoms with Crippen LogP contribution in [0, 0.1) is 0 Å². The first-order chi connectivity index (χ1) is 13.0. The number of allylic oxidation sites excluding steroid dienone is 2. The normalized spacial score (nSPS) is 16.3. The molecule has 0 fully saturated rings. The van der Waals surface area contributed by atoms with E-state index in [2.05, 4.69) is 0 Å². The Labute approximate surface area is 159 Å². The Kier molecular flexibility index (Phi) is 4.45. The van der Waals surface area contributed by atoms with Crippen LogP contribution in [0.25, 0.3) is 0 Å². The minimum absolute atomic E-state index is 0.00249. The highest BCUT2D eigenvalue weighted by Crippen LogP contribution is 2.64. The predicted octanol–water partition coefficient (Wildman–Crippen LogP) is 5.27. The van der Waals surface area contributed by atoms with Gasteiger partial charge in [-0.2, -0.15) is 0 Å². The average Bonchev–Trinajstić information content (AvgIpc) is 3.02. The summed E-state index contributed by atoms with van der Waals surface area (Å²) < 4.78 is 14.9. The van der Waals surface area contributed by atoms with Crippen molar-refractivity contribution in [1.29, 1.82) is 0 Å². The van der Waals surface area contributed by atoms with Crippen molar-refractivity contribution >= 4 is 23.5 Å². The highest BCUT2D eigenvalue weighted by atomic mass is 31.2. The van der Waals surface area contributed by atoms with Crippen molar-refractivity contribution < 1.29 is 9.36 Å². The summed E-state index contributed by atoms with van der Waals surface area (Å²) in [5.74, 6) is 0.00249. The van der Waals surface area contributed by atoms with Gasteiger partial charge in [-0.15, -0.1) is 0 Å². The maximum atomic E-state index is 14.9. The van der Waals surface area contributed by atoms with Crippen molar-refractivity contribution in [1.82, 2.24) is 0 Å². The van der Waals surface area contributed by atoms with Gasteiger partial charge < -0.3 is 4.57 Å². The molecule has 134 valence electrons. The van der Waals surface area contributed by atoms with Gasteiger partial charge in [-0.25, -0.2) is 0 Å². The molecule has 27 heavy (non-hydrogen) atoms. The summed E-state index contributed by atoms with van der Waals surface area (Å²) in [5.41, 5.74) is 2.69. The first kappa shape index (κ1) is 17.7. The smallest absolute Gasteiger partial charge is 0.190 e. The molecule has 3 heteroatoms. The Hall–Kier alpha value is -2.70. The topological polar surface area (TPSA) is 34.1 Å². The third kappa shape index (κ3) is 2.72. The second-order valence-electron chi connectivity index (χ2n) is 7.06. The molecule has 0 aliphatic heterocycles. The Balaban J connectivity index is 2.08. The highest BCUT2D eigenvalue weighted by Gasteiger charge is 2.47. The van der Waals surface area contributed by atoms with Crippen molar-refractivity contribution in [2.24, 2.45) is 0 Å². The number of ketones is 1. The Morgan fingerprint density at radius 2 is 1.22 bits per heavy atom. The van der Waals surface area contributed by atoms with E-state index >= 15 is 0 Å². The van der Waals surface area contributed by atoms with Crippen molar-refractivity contribution in [2.75, 3.05) is 0 Å². The summed E-state index contributed by atoms with van der Waals surface area (Å²) >= 11 is 0. The molecule has 3 aromatic rings. The predicted molar refractivity (Wildman–Crippen MR) is 112 cm³/mol. The number of carbonyl (C=O) groups is 1.